The van der Waals surface area contributed by atoms with Gasteiger partial charge in [0, 0.05) is 0 Å². The van der Waals surface area contributed by atoms with Crippen LogP contribution < -0.4 is 5.32 Å². The zero-order chi connectivity index (χ0) is 12.3. The van der Waals surface area contributed by atoms with Crippen molar-refractivity contribution in [3.05, 3.63) is 11.9 Å². The van der Waals surface area contributed by atoms with E-state index < -0.39 is 23.3 Å². The van der Waals surface area contributed by atoms with Crippen molar-refractivity contribution in [1.82, 2.24) is 14.1 Å². The first-order valence-electron chi connectivity index (χ1n) is 4.63. The molecule has 16 heavy (non-hydrogen) atoms. The second-order valence-electron chi connectivity index (χ2n) is 4.40. The highest BCUT2D eigenvalue weighted by Gasteiger charge is 2.33. The lowest BCUT2D eigenvalue weighted by molar-refractivity contribution is -0.142. The number of carboxylic acids is 1. The van der Waals surface area contributed by atoms with Crippen molar-refractivity contribution in [2.75, 3.05) is 0 Å². The van der Waals surface area contributed by atoms with Gasteiger partial charge in [-0.25, -0.2) is 4.79 Å². The number of aliphatic carboxylic acids is 1. The molecule has 0 aliphatic rings. The van der Waals surface area contributed by atoms with E-state index in [1.54, 1.807) is 20.8 Å². The Morgan fingerprint density at radius 2 is 2.12 bits per heavy atom. The molecule has 1 aromatic rings. The summed E-state index contributed by atoms with van der Waals surface area (Å²) >= 11 is 0.903. The van der Waals surface area contributed by atoms with Gasteiger partial charge in [-0.3, -0.25) is 4.79 Å². The highest BCUT2D eigenvalue weighted by Crippen LogP contribution is 2.19. The maximum atomic E-state index is 11.6. The van der Waals surface area contributed by atoms with E-state index in [9.17, 15) is 9.59 Å². The van der Waals surface area contributed by atoms with Crippen LogP contribution in [0.2, 0.25) is 0 Å². The van der Waals surface area contributed by atoms with Crippen LogP contribution >= 0.6 is 11.7 Å². The third-order valence-corrected chi connectivity index (χ3v) is 2.46. The van der Waals surface area contributed by atoms with Gasteiger partial charge in [-0.1, -0.05) is 20.8 Å². The largest absolute Gasteiger partial charge is 0.480 e. The molecule has 0 fully saturated rings. The Morgan fingerprint density at radius 3 is 2.50 bits per heavy atom. The zero-order valence-corrected chi connectivity index (χ0v) is 10.0. The number of carboxylic acid groups (broad SMARTS) is 1. The van der Waals surface area contributed by atoms with Crippen LogP contribution in [-0.4, -0.2) is 31.8 Å². The molecule has 6 nitrogen and oxygen atoms in total. The van der Waals surface area contributed by atoms with Gasteiger partial charge in [-0.15, -0.1) is 0 Å². The Hall–Kier alpha value is -1.50. The highest BCUT2D eigenvalue weighted by atomic mass is 32.1. The van der Waals surface area contributed by atoms with Gasteiger partial charge < -0.3 is 10.4 Å². The number of hydrogen-bond acceptors (Lipinski definition) is 5. The molecule has 1 atom stereocenters. The predicted octanol–water partition coefficient (Wildman–Crippen LogP) is 0.767. The maximum Gasteiger partial charge on any atom is 0.326 e. The van der Waals surface area contributed by atoms with Crippen molar-refractivity contribution in [3.8, 4) is 0 Å². The average Bonchev–Trinajstić information content (AvgIpc) is 2.63. The van der Waals surface area contributed by atoms with Gasteiger partial charge in [0.15, 0.2) is 5.69 Å². The van der Waals surface area contributed by atoms with Crippen LogP contribution in [-0.2, 0) is 4.79 Å². The van der Waals surface area contributed by atoms with E-state index in [1.807, 2.05) is 0 Å². The molecule has 0 aromatic carbocycles. The molecule has 0 aliphatic carbocycles. The molecule has 1 amide bonds. The third-order valence-electron chi connectivity index (χ3n) is 1.98. The predicted molar refractivity (Wildman–Crippen MR) is 58.3 cm³/mol. The van der Waals surface area contributed by atoms with E-state index in [0.29, 0.717) is 0 Å². The minimum absolute atomic E-state index is 0.139. The van der Waals surface area contributed by atoms with E-state index in [0.717, 1.165) is 11.7 Å². The van der Waals surface area contributed by atoms with Crippen LogP contribution in [0.25, 0.3) is 0 Å². The lowest BCUT2D eigenvalue weighted by atomic mass is 9.87. The number of nitrogens with one attached hydrogen (secondary N) is 1. The molecule has 0 saturated carbocycles. The van der Waals surface area contributed by atoms with Crippen molar-refractivity contribution in [2.45, 2.75) is 26.8 Å². The first kappa shape index (κ1) is 12.6. The lowest BCUT2D eigenvalue weighted by Gasteiger charge is -2.27. The molecule has 0 bridgehead atoms. The van der Waals surface area contributed by atoms with Crippen molar-refractivity contribution in [1.29, 1.82) is 0 Å². The molecule has 88 valence electrons. The first-order valence-corrected chi connectivity index (χ1v) is 5.36. The SMILES string of the molecule is CC(C)(C)[C@@H](NC(=O)c1cnsn1)C(=O)O. The van der Waals surface area contributed by atoms with Crippen molar-refractivity contribution < 1.29 is 14.7 Å². The van der Waals surface area contributed by atoms with Gasteiger partial charge in [-0.05, 0) is 5.41 Å². The van der Waals surface area contributed by atoms with Gasteiger partial charge >= 0.3 is 5.97 Å². The van der Waals surface area contributed by atoms with Crippen molar-refractivity contribution in [2.24, 2.45) is 5.41 Å². The topological polar surface area (TPSA) is 92.2 Å². The summed E-state index contributed by atoms with van der Waals surface area (Å²) in [6.45, 7) is 5.22. The summed E-state index contributed by atoms with van der Waals surface area (Å²) in [6.07, 6.45) is 1.31. The Bertz CT molecular complexity index is 383. The molecule has 2 N–H and O–H groups in total. The number of hydrogen-bond donors (Lipinski definition) is 2. The average molecular weight is 243 g/mol. The summed E-state index contributed by atoms with van der Waals surface area (Å²) in [6, 6.07) is -0.957. The van der Waals surface area contributed by atoms with Crippen LogP contribution in [0.5, 0.6) is 0 Å². The van der Waals surface area contributed by atoms with E-state index in [1.165, 1.54) is 6.20 Å². The number of carbonyl (C=O) groups is 2. The Balaban J connectivity index is 2.78. The fourth-order valence-electron chi connectivity index (χ4n) is 1.12. The van der Waals surface area contributed by atoms with Crippen LogP contribution in [0.15, 0.2) is 6.20 Å². The summed E-state index contributed by atoms with van der Waals surface area (Å²) in [7, 11) is 0. The molecular weight excluding hydrogens is 230 g/mol. The second kappa shape index (κ2) is 4.56. The van der Waals surface area contributed by atoms with E-state index in [-0.39, 0.29) is 5.69 Å². The van der Waals surface area contributed by atoms with Gasteiger partial charge in [0.2, 0.25) is 0 Å². The minimum atomic E-state index is -1.07. The molecule has 1 rings (SSSR count). The normalized spacial score (nSPS) is 13.2. The number of aromatic nitrogens is 2. The van der Waals surface area contributed by atoms with Crippen LogP contribution in [0, 0.1) is 5.41 Å². The summed E-state index contributed by atoms with van der Waals surface area (Å²) in [4.78, 5) is 22.6. The number of amides is 1. The molecular formula is C9H13N3O3S. The molecule has 0 radical (unpaired) electrons. The summed E-state index contributed by atoms with van der Waals surface area (Å²) in [5, 5.41) is 11.4. The smallest absolute Gasteiger partial charge is 0.326 e. The summed E-state index contributed by atoms with van der Waals surface area (Å²) < 4.78 is 7.42. The molecule has 0 spiro atoms. The van der Waals surface area contributed by atoms with Gasteiger partial charge in [0.05, 0.1) is 17.9 Å². The monoisotopic (exact) mass is 243 g/mol. The Labute approximate surface area is 97.0 Å². The van der Waals surface area contributed by atoms with E-state index in [2.05, 4.69) is 14.1 Å². The first-order chi connectivity index (χ1) is 7.32. The quantitative estimate of drug-likeness (QED) is 0.818. The zero-order valence-electron chi connectivity index (χ0n) is 9.22. The Kier molecular flexibility index (Phi) is 3.58. The van der Waals surface area contributed by atoms with E-state index >= 15 is 0 Å². The van der Waals surface area contributed by atoms with Crippen molar-refractivity contribution >= 4 is 23.6 Å². The third kappa shape index (κ3) is 2.99. The highest BCUT2D eigenvalue weighted by molar-refractivity contribution is 6.99. The summed E-state index contributed by atoms with van der Waals surface area (Å²) in [5.41, 5.74) is -0.425. The number of rotatable bonds is 3. The van der Waals surface area contributed by atoms with Crippen LogP contribution in [0.1, 0.15) is 31.3 Å². The lowest BCUT2D eigenvalue weighted by Crippen LogP contribution is -2.49. The fourth-order valence-corrected chi connectivity index (χ4v) is 1.53. The van der Waals surface area contributed by atoms with E-state index in [4.69, 9.17) is 5.11 Å². The fraction of sp³-hybridized carbons (Fsp3) is 0.556. The van der Waals surface area contributed by atoms with Crippen molar-refractivity contribution in [3.63, 3.8) is 0 Å². The van der Waals surface area contributed by atoms with Crippen LogP contribution in [0.4, 0.5) is 0 Å². The molecule has 0 saturated heterocycles. The molecule has 7 heteroatoms. The minimum Gasteiger partial charge on any atom is -0.480 e. The standard InChI is InChI=1S/C9H13N3O3S/c1-9(2,3)6(8(14)15)11-7(13)5-4-10-16-12-5/h4,6H,1-3H3,(H,11,13)(H,14,15)/t6-/m0/s1. The maximum absolute atomic E-state index is 11.6. The number of carbonyl (C=O) groups excluding carboxylic acids is 1. The van der Waals surface area contributed by atoms with Gasteiger partial charge in [0.1, 0.15) is 6.04 Å². The number of nitrogens with zero attached hydrogens (tertiary/aromatic N) is 2. The summed E-state index contributed by atoms with van der Waals surface area (Å²) in [5.74, 6) is -1.58. The molecule has 1 aromatic heterocycles. The molecule has 0 aliphatic heterocycles. The van der Waals surface area contributed by atoms with Crippen LogP contribution in [0.3, 0.4) is 0 Å². The van der Waals surface area contributed by atoms with Gasteiger partial charge in [0.25, 0.3) is 5.91 Å². The second-order valence-corrected chi connectivity index (χ2v) is 4.96. The molecule has 1 heterocycles. The molecule has 0 unspecified atom stereocenters. The van der Waals surface area contributed by atoms with Gasteiger partial charge in [-0.2, -0.15) is 8.75 Å². The Morgan fingerprint density at radius 1 is 1.50 bits per heavy atom.